The van der Waals surface area contributed by atoms with Gasteiger partial charge in [-0.05, 0) is 48.3 Å². The maximum absolute atomic E-state index is 12.4. The predicted molar refractivity (Wildman–Crippen MR) is 106 cm³/mol. The third kappa shape index (κ3) is 4.53. The molecule has 0 spiro atoms. The highest BCUT2D eigenvalue weighted by Gasteiger charge is 2.21. The molecule has 2 aromatic heterocycles. The van der Waals surface area contributed by atoms with E-state index in [1.54, 1.807) is 22.3 Å². The standard InChI is InChI=1S/C19H23N3O2S2/c1-3-8-22(12-15-5-4-9-25-15)19(24)21-20-18(23)17-11-14-10-13(2)6-7-16(14)26-17/h3-5,9,11,13H,1,6-8,10,12H2,2H3,(H,20,23)(H,21,24). The lowest BCUT2D eigenvalue weighted by atomic mass is 9.90. The van der Waals surface area contributed by atoms with Crippen molar-refractivity contribution in [1.82, 2.24) is 15.8 Å². The highest BCUT2D eigenvalue weighted by atomic mass is 32.1. The summed E-state index contributed by atoms with van der Waals surface area (Å²) in [5.41, 5.74) is 6.33. The summed E-state index contributed by atoms with van der Waals surface area (Å²) in [5, 5.41) is 1.97. The summed E-state index contributed by atoms with van der Waals surface area (Å²) in [6, 6.07) is 5.54. The zero-order chi connectivity index (χ0) is 18.5. The molecule has 2 N–H and O–H groups in total. The van der Waals surface area contributed by atoms with Gasteiger partial charge < -0.3 is 4.90 Å². The smallest absolute Gasteiger partial charge is 0.315 e. The van der Waals surface area contributed by atoms with Crippen LogP contribution >= 0.6 is 22.7 Å². The molecule has 5 nitrogen and oxygen atoms in total. The molecule has 3 amide bonds. The third-order valence-corrected chi connectivity index (χ3v) is 6.50. The molecule has 0 fully saturated rings. The van der Waals surface area contributed by atoms with E-state index in [1.807, 2.05) is 23.6 Å². The van der Waals surface area contributed by atoms with Crippen molar-refractivity contribution in [2.75, 3.05) is 6.54 Å². The molecule has 0 aromatic carbocycles. The summed E-state index contributed by atoms with van der Waals surface area (Å²) in [4.78, 5) is 29.4. The van der Waals surface area contributed by atoms with Crippen molar-refractivity contribution in [2.45, 2.75) is 32.7 Å². The lowest BCUT2D eigenvalue weighted by Gasteiger charge is -2.21. The van der Waals surface area contributed by atoms with E-state index < -0.39 is 0 Å². The summed E-state index contributed by atoms with van der Waals surface area (Å²) in [6.07, 6.45) is 4.90. The number of carbonyl (C=O) groups excluding carboxylic acids is 2. The SMILES string of the molecule is C=CCN(Cc1cccs1)C(=O)NNC(=O)c1cc2c(s1)CCC(C)C2. The monoisotopic (exact) mass is 389 g/mol. The van der Waals surface area contributed by atoms with Crippen LogP contribution < -0.4 is 10.9 Å². The Balaban J connectivity index is 1.57. The van der Waals surface area contributed by atoms with E-state index in [4.69, 9.17) is 0 Å². The van der Waals surface area contributed by atoms with E-state index in [0.29, 0.717) is 23.9 Å². The van der Waals surface area contributed by atoms with Gasteiger partial charge in [-0.25, -0.2) is 10.2 Å². The number of carbonyl (C=O) groups is 2. The van der Waals surface area contributed by atoms with E-state index in [1.165, 1.54) is 28.2 Å². The van der Waals surface area contributed by atoms with E-state index in [2.05, 4.69) is 24.4 Å². The first-order valence-corrected chi connectivity index (χ1v) is 10.4. The number of hydrogen-bond acceptors (Lipinski definition) is 4. The molecular weight excluding hydrogens is 366 g/mol. The number of urea groups is 1. The van der Waals surface area contributed by atoms with Gasteiger partial charge >= 0.3 is 6.03 Å². The Kier molecular flexibility index (Phi) is 6.11. The zero-order valence-corrected chi connectivity index (χ0v) is 16.4. The Bertz CT molecular complexity index is 783. The Labute approximate surface area is 161 Å². The molecule has 0 saturated carbocycles. The average Bonchev–Trinajstić information content (AvgIpc) is 3.28. The maximum Gasteiger partial charge on any atom is 0.336 e. The first-order chi connectivity index (χ1) is 12.6. The van der Waals surface area contributed by atoms with Crippen molar-refractivity contribution < 1.29 is 9.59 Å². The first kappa shape index (κ1) is 18.7. The summed E-state index contributed by atoms with van der Waals surface area (Å²) in [7, 11) is 0. The average molecular weight is 390 g/mol. The van der Waals surface area contributed by atoms with Gasteiger partial charge in [0.15, 0.2) is 0 Å². The lowest BCUT2D eigenvalue weighted by Crippen LogP contribution is -2.48. The lowest BCUT2D eigenvalue weighted by molar-refractivity contribution is 0.0934. The van der Waals surface area contributed by atoms with Crippen molar-refractivity contribution in [1.29, 1.82) is 0 Å². The van der Waals surface area contributed by atoms with Gasteiger partial charge in [0.05, 0.1) is 11.4 Å². The fraction of sp³-hybridized carbons (Fsp3) is 0.368. The number of aryl methyl sites for hydroxylation is 1. The summed E-state index contributed by atoms with van der Waals surface area (Å²) in [5.74, 6) is 0.400. The van der Waals surface area contributed by atoms with Gasteiger partial charge in [-0.15, -0.1) is 29.3 Å². The van der Waals surface area contributed by atoms with Crippen LogP contribution in [0.2, 0.25) is 0 Å². The number of amides is 3. The van der Waals surface area contributed by atoms with Gasteiger partial charge in [-0.2, -0.15) is 0 Å². The van der Waals surface area contributed by atoms with E-state index in [0.717, 1.165) is 17.7 Å². The predicted octanol–water partition coefficient (Wildman–Crippen LogP) is 3.98. The normalized spacial score (nSPS) is 15.8. The molecular formula is C19H23N3O2S2. The van der Waals surface area contributed by atoms with E-state index >= 15 is 0 Å². The van der Waals surface area contributed by atoms with Crippen molar-refractivity contribution >= 4 is 34.6 Å². The number of hydrogen-bond donors (Lipinski definition) is 2. The number of hydrazine groups is 1. The van der Waals surface area contributed by atoms with Crippen molar-refractivity contribution in [2.24, 2.45) is 5.92 Å². The maximum atomic E-state index is 12.4. The zero-order valence-electron chi connectivity index (χ0n) is 14.8. The molecule has 138 valence electrons. The largest absolute Gasteiger partial charge is 0.336 e. The molecule has 1 aliphatic carbocycles. The number of thiophene rings is 2. The molecule has 0 saturated heterocycles. The van der Waals surface area contributed by atoms with Crippen molar-refractivity contribution in [3.05, 3.63) is 56.4 Å². The quantitative estimate of drug-likeness (QED) is 0.600. The van der Waals surface area contributed by atoms with Gasteiger partial charge in [0, 0.05) is 16.3 Å². The van der Waals surface area contributed by atoms with Crippen LogP contribution in [0, 0.1) is 5.92 Å². The first-order valence-electron chi connectivity index (χ1n) is 8.67. The minimum absolute atomic E-state index is 0.264. The van der Waals surface area contributed by atoms with Crippen LogP contribution in [0.15, 0.2) is 36.2 Å². The molecule has 1 aliphatic rings. The second-order valence-corrected chi connectivity index (χ2v) is 8.71. The van der Waals surface area contributed by atoms with Gasteiger partial charge in [-0.1, -0.05) is 19.1 Å². The highest BCUT2D eigenvalue weighted by Crippen LogP contribution is 2.32. The molecule has 7 heteroatoms. The molecule has 1 unspecified atom stereocenters. The van der Waals surface area contributed by atoms with Crippen LogP contribution in [0.25, 0.3) is 0 Å². The number of nitrogens with one attached hydrogen (secondary N) is 2. The summed E-state index contributed by atoms with van der Waals surface area (Å²) >= 11 is 3.12. The molecule has 2 heterocycles. The highest BCUT2D eigenvalue weighted by molar-refractivity contribution is 7.14. The Hall–Kier alpha value is -2.12. The van der Waals surface area contributed by atoms with E-state index in [9.17, 15) is 9.59 Å². The van der Waals surface area contributed by atoms with Gasteiger partial charge in [0.25, 0.3) is 5.91 Å². The van der Waals surface area contributed by atoms with Crippen LogP contribution in [-0.2, 0) is 19.4 Å². The number of fused-ring (bicyclic) bond motifs is 1. The minimum Gasteiger partial charge on any atom is -0.315 e. The summed E-state index contributed by atoms with van der Waals surface area (Å²) in [6.45, 7) is 6.82. The Morgan fingerprint density at radius 2 is 2.27 bits per heavy atom. The summed E-state index contributed by atoms with van der Waals surface area (Å²) < 4.78 is 0. The number of nitrogens with zero attached hydrogens (tertiary/aromatic N) is 1. The van der Waals surface area contributed by atoms with Gasteiger partial charge in [0.1, 0.15) is 0 Å². The second kappa shape index (κ2) is 8.51. The van der Waals surface area contributed by atoms with Crippen molar-refractivity contribution in [3.8, 4) is 0 Å². The molecule has 3 rings (SSSR count). The Morgan fingerprint density at radius 3 is 3.00 bits per heavy atom. The molecule has 0 radical (unpaired) electrons. The second-order valence-electron chi connectivity index (χ2n) is 6.54. The van der Waals surface area contributed by atoms with Crippen LogP contribution in [0.1, 0.15) is 38.3 Å². The molecule has 2 aromatic rings. The van der Waals surface area contributed by atoms with Crippen molar-refractivity contribution in [3.63, 3.8) is 0 Å². The fourth-order valence-electron chi connectivity index (χ4n) is 3.03. The third-order valence-electron chi connectivity index (χ3n) is 4.40. The molecule has 26 heavy (non-hydrogen) atoms. The molecule has 0 bridgehead atoms. The molecule has 1 atom stereocenters. The molecule has 0 aliphatic heterocycles. The van der Waals surface area contributed by atoms with E-state index in [-0.39, 0.29) is 11.9 Å². The fourth-order valence-corrected chi connectivity index (χ4v) is 4.86. The number of rotatable bonds is 5. The van der Waals surface area contributed by atoms with Crippen LogP contribution in [0.5, 0.6) is 0 Å². The topological polar surface area (TPSA) is 61.4 Å². The van der Waals surface area contributed by atoms with Gasteiger partial charge in [0.2, 0.25) is 0 Å². The van der Waals surface area contributed by atoms with Crippen LogP contribution in [0.4, 0.5) is 4.79 Å². The van der Waals surface area contributed by atoms with Crippen LogP contribution in [0.3, 0.4) is 0 Å². The Morgan fingerprint density at radius 1 is 1.42 bits per heavy atom. The van der Waals surface area contributed by atoms with Crippen LogP contribution in [-0.4, -0.2) is 23.4 Å². The minimum atomic E-state index is -0.346. The van der Waals surface area contributed by atoms with Gasteiger partial charge in [-0.3, -0.25) is 10.2 Å².